The first-order chi connectivity index (χ1) is 19.6. The first-order valence-electron chi connectivity index (χ1n) is 12.1. The van der Waals surface area contributed by atoms with E-state index in [9.17, 15) is 22.4 Å². The molecule has 208 valence electrons. The van der Waals surface area contributed by atoms with Gasteiger partial charge in [-0.15, -0.1) is 0 Å². The van der Waals surface area contributed by atoms with Gasteiger partial charge in [0.05, 0.1) is 33.4 Å². The Morgan fingerprint density at radius 1 is 1.00 bits per heavy atom. The van der Waals surface area contributed by atoms with E-state index in [-0.39, 0.29) is 29.2 Å². The molecule has 0 saturated heterocycles. The Hall–Kier alpha value is -4.26. The molecule has 0 atom stereocenters. The SMILES string of the molecule is COc1cc(C=Nn2c(-c3cccc(C(F)(F)F)c3)nc3ccccc3c2=O)cc(I)c1OCc1ccc(F)cc1. The van der Waals surface area contributed by atoms with Gasteiger partial charge in [0.15, 0.2) is 17.3 Å². The molecule has 0 N–H and O–H groups in total. The van der Waals surface area contributed by atoms with E-state index in [2.05, 4.69) is 32.7 Å². The molecule has 0 spiro atoms. The molecule has 0 bridgehead atoms. The molecule has 0 radical (unpaired) electrons. The van der Waals surface area contributed by atoms with Crippen molar-refractivity contribution in [2.75, 3.05) is 7.11 Å². The summed E-state index contributed by atoms with van der Waals surface area (Å²) in [6.07, 6.45) is -3.18. The van der Waals surface area contributed by atoms with Crippen LogP contribution in [0.1, 0.15) is 16.7 Å². The summed E-state index contributed by atoms with van der Waals surface area (Å²) in [6.45, 7) is 0.179. The molecule has 5 aromatic rings. The Morgan fingerprint density at radius 2 is 1.76 bits per heavy atom. The number of nitrogens with zero attached hydrogens (tertiary/aromatic N) is 3. The molecular weight excluding hydrogens is 653 g/mol. The Morgan fingerprint density at radius 3 is 2.49 bits per heavy atom. The topological polar surface area (TPSA) is 65.7 Å². The Bertz CT molecular complexity index is 1820. The van der Waals surface area contributed by atoms with Crippen molar-refractivity contribution < 1.29 is 27.0 Å². The van der Waals surface area contributed by atoms with Crippen LogP contribution in [0.25, 0.3) is 22.3 Å². The van der Waals surface area contributed by atoms with Gasteiger partial charge in [-0.1, -0.05) is 36.4 Å². The molecule has 11 heteroatoms. The monoisotopic (exact) mass is 673 g/mol. The number of hydrogen-bond acceptors (Lipinski definition) is 5. The molecule has 0 saturated carbocycles. The summed E-state index contributed by atoms with van der Waals surface area (Å²) >= 11 is 2.07. The van der Waals surface area contributed by atoms with Crippen LogP contribution in [0.5, 0.6) is 11.5 Å². The Balaban J connectivity index is 1.54. The van der Waals surface area contributed by atoms with Crippen molar-refractivity contribution in [3.05, 3.63) is 121 Å². The first kappa shape index (κ1) is 28.3. The van der Waals surface area contributed by atoms with Gasteiger partial charge in [0, 0.05) is 5.56 Å². The normalized spacial score (nSPS) is 11.8. The molecule has 1 heterocycles. The molecule has 0 amide bonds. The van der Waals surface area contributed by atoms with E-state index in [1.165, 1.54) is 37.6 Å². The van der Waals surface area contributed by atoms with Crippen LogP contribution in [0, 0.1) is 9.39 Å². The zero-order chi connectivity index (χ0) is 29.1. The fourth-order valence-electron chi connectivity index (χ4n) is 4.07. The molecule has 0 fully saturated rings. The third kappa shape index (κ3) is 6.24. The van der Waals surface area contributed by atoms with Gasteiger partial charge in [0.2, 0.25) is 0 Å². The second-order valence-corrected chi connectivity index (χ2v) is 10.0. The zero-order valence-electron chi connectivity index (χ0n) is 21.3. The van der Waals surface area contributed by atoms with Crippen LogP contribution in [0.4, 0.5) is 17.6 Å². The molecule has 0 aliphatic rings. The molecule has 0 aliphatic carbocycles. The smallest absolute Gasteiger partial charge is 0.416 e. The Kier molecular flexibility index (Phi) is 8.06. The van der Waals surface area contributed by atoms with Crippen LogP contribution in [-0.4, -0.2) is 23.0 Å². The highest BCUT2D eigenvalue weighted by Crippen LogP contribution is 2.35. The zero-order valence-corrected chi connectivity index (χ0v) is 23.5. The minimum absolute atomic E-state index is 0.0445. The minimum Gasteiger partial charge on any atom is -0.493 e. The molecule has 5 rings (SSSR count). The maximum atomic E-state index is 13.4. The van der Waals surface area contributed by atoms with E-state index in [1.807, 2.05) is 0 Å². The van der Waals surface area contributed by atoms with Gasteiger partial charge >= 0.3 is 6.18 Å². The van der Waals surface area contributed by atoms with Crippen molar-refractivity contribution in [3.8, 4) is 22.9 Å². The number of hydrogen-bond donors (Lipinski definition) is 0. The summed E-state index contributed by atoms with van der Waals surface area (Å²) in [5.41, 5.74) is 0.297. The number of benzene rings is 4. The summed E-state index contributed by atoms with van der Waals surface area (Å²) in [5, 5.41) is 4.60. The highest BCUT2D eigenvalue weighted by atomic mass is 127. The molecule has 0 aliphatic heterocycles. The number of methoxy groups -OCH3 is 1. The summed E-state index contributed by atoms with van der Waals surface area (Å²) in [7, 11) is 1.47. The third-order valence-corrected chi connectivity index (χ3v) is 6.87. The van der Waals surface area contributed by atoms with E-state index >= 15 is 0 Å². The minimum atomic E-state index is -4.57. The predicted octanol–water partition coefficient (Wildman–Crippen LogP) is 7.30. The van der Waals surface area contributed by atoms with Gasteiger partial charge in [0.1, 0.15) is 12.4 Å². The fourth-order valence-corrected chi connectivity index (χ4v) is 4.85. The number of alkyl halides is 3. The largest absolute Gasteiger partial charge is 0.493 e. The fraction of sp³-hybridized carbons (Fsp3) is 0.100. The highest BCUT2D eigenvalue weighted by molar-refractivity contribution is 14.1. The van der Waals surface area contributed by atoms with E-state index in [1.54, 1.807) is 48.5 Å². The van der Waals surface area contributed by atoms with Crippen LogP contribution in [0.2, 0.25) is 0 Å². The van der Waals surface area contributed by atoms with E-state index < -0.39 is 17.3 Å². The lowest BCUT2D eigenvalue weighted by Crippen LogP contribution is -2.20. The maximum absolute atomic E-state index is 13.4. The van der Waals surface area contributed by atoms with Gasteiger partial charge < -0.3 is 9.47 Å². The van der Waals surface area contributed by atoms with Crippen LogP contribution < -0.4 is 15.0 Å². The number of rotatable bonds is 7. The van der Waals surface area contributed by atoms with Gasteiger partial charge in [-0.05, 0) is 82.2 Å². The van der Waals surface area contributed by atoms with Crippen LogP contribution in [-0.2, 0) is 12.8 Å². The van der Waals surface area contributed by atoms with Crippen LogP contribution in [0.3, 0.4) is 0 Å². The van der Waals surface area contributed by atoms with Crippen molar-refractivity contribution in [1.82, 2.24) is 9.66 Å². The van der Waals surface area contributed by atoms with Gasteiger partial charge in [-0.2, -0.15) is 22.9 Å². The summed E-state index contributed by atoms with van der Waals surface area (Å²) < 4.78 is 66.6. The maximum Gasteiger partial charge on any atom is 0.416 e. The predicted molar refractivity (Wildman–Crippen MR) is 156 cm³/mol. The standard InChI is InChI=1S/C30H20F4IN3O3/c1-40-26-14-19(13-24(35)27(26)41-17-18-9-11-22(31)12-10-18)16-36-38-28(20-5-4-6-21(15-20)30(32,33)34)37-25-8-3-2-7-23(25)29(38)39/h2-16H,17H2,1H3. The van der Waals surface area contributed by atoms with Gasteiger partial charge in [-0.25, -0.2) is 9.37 Å². The lowest BCUT2D eigenvalue weighted by atomic mass is 10.1. The van der Waals surface area contributed by atoms with Gasteiger partial charge in [-0.3, -0.25) is 4.79 Å². The Labute approximate surface area is 245 Å². The number of para-hydroxylation sites is 1. The van der Waals surface area contributed by atoms with Crippen molar-refractivity contribution in [2.24, 2.45) is 5.10 Å². The van der Waals surface area contributed by atoms with E-state index in [4.69, 9.17) is 9.47 Å². The van der Waals surface area contributed by atoms with Crippen LogP contribution >= 0.6 is 22.6 Å². The number of halogens is 5. The second kappa shape index (κ2) is 11.7. The van der Waals surface area contributed by atoms with Crippen molar-refractivity contribution in [1.29, 1.82) is 0 Å². The van der Waals surface area contributed by atoms with Gasteiger partial charge in [0.25, 0.3) is 5.56 Å². The number of fused-ring (bicyclic) bond motifs is 1. The quantitative estimate of drug-likeness (QED) is 0.103. The van der Waals surface area contributed by atoms with Crippen LogP contribution in [0.15, 0.2) is 94.8 Å². The molecule has 1 aromatic heterocycles. The van der Waals surface area contributed by atoms with E-state index in [0.29, 0.717) is 26.1 Å². The summed E-state index contributed by atoms with van der Waals surface area (Å²) in [6, 6.07) is 20.4. The first-order valence-corrected chi connectivity index (χ1v) is 13.2. The van der Waals surface area contributed by atoms with E-state index in [0.717, 1.165) is 22.4 Å². The number of aromatic nitrogens is 2. The molecule has 6 nitrogen and oxygen atoms in total. The van der Waals surface area contributed by atoms with Crippen molar-refractivity contribution in [2.45, 2.75) is 12.8 Å². The third-order valence-electron chi connectivity index (χ3n) is 6.07. The summed E-state index contributed by atoms with van der Waals surface area (Å²) in [4.78, 5) is 17.9. The number of ether oxygens (including phenoxy) is 2. The summed E-state index contributed by atoms with van der Waals surface area (Å²) in [5.74, 6) is 0.463. The molecule has 0 unspecified atom stereocenters. The highest BCUT2D eigenvalue weighted by Gasteiger charge is 2.31. The van der Waals surface area contributed by atoms with Crippen molar-refractivity contribution >= 4 is 39.7 Å². The lowest BCUT2D eigenvalue weighted by molar-refractivity contribution is -0.137. The average molecular weight is 673 g/mol. The molecule has 4 aromatic carbocycles. The van der Waals surface area contributed by atoms with Crippen molar-refractivity contribution in [3.63, 3.8) is 0 Å². The molecule has 41 heavy (non-hydrogen) atoms. The average Bonchev–Trinajstić information content (AvgIpc) is 2.96. The molecular formula is C30H20F4IN3O3. The second-order valence-electron chi connectivity index (χ2n) is 8.84. The lowest BCUT2D eigenvalue weighted by Gasteiger charge is -2.14.